The van der Waals surface area contributed by atoms with Crippen LogP contribution in [0.1, 0.15) is 18.7 Å². The Balaban J connectivity index is 1.49. The number of imide groups is 1. The Labute approximate surface area is 218 Å². The quantitative estimate of drug-likeness (QED) is 0.453. The van der Waals surface area contributed by atoms with Crippen molar-refractivity contribution in [2.24, 2.45) is 5.92 Å². The SMILES string of the molecule is CC(=O)Nc1ccc(NC(=O)CSC2NC(c3ccccc3Cl)NC3C2C(=O)N(C)C(=O)N3C)cc1. The van der Waals surface area contributed by atoms with Crippen molar-refractivity contribution in [1.82, 2.24) is 20.4 Å². The van der Waals surface area contributed by atoms with E-state index in [0.717, 1.165) is 10.5 Å². The zero-order valence-electron chi connectivity index (χ0n) is 19.9. The molecule has 4 unspecified atom stereocenters. The highest BCUT2D eigenvalue weighted by Gasteiger charge is 2.51. The number of urea groups is 1. The maximum atomic E-state index is 13.1. The minimum Gasteiger partial charge on any atom is -0.326 e. The maximum Gasteiger partial charge on any atom is 0.327 e. The third-order valence-electron chi connectivity index (χ3n) is 6.06. The molecule has 0 radical (unpaired) electrons. The fourth-order valence-electron chi connectivity index (χ4n) is 4.29. The monoisotopic (exact) mass is 530 g/mol. The number of anilines is 2. The van der Waals surface area contributed by atoms with Gasteiger partial charge in [-0.1, -0.05) is 29.8 Å². The van der Waals surface area contributed by atoms with Crippen LogP contribution in [-0.2, 0) is 14.4 Å². The molecular weight excluding hydrogens is 504 g/mol. The summed E-state index contributed by atoms with van der Waals surface area (Å²) in [7, 11) is 3.10. The molecule has 12 heteroatoms. The summed E-state index contributed by atoms with van der Waals surface area (Å²) in [5.74, 6) is -1.31. The van der Waals surface area contributed by atoms with Gasteiger partial charge in [0, 0.05) is 43.0 Å². The first-order valence-corrected chi connectivity index (χ1v) is 12.7. The van der Waals surface area contributed by atoms with Gasteiger partial charge in [0.1, 0.15) is 0 Å². The first-order chi connectivity index (χ1) is 17.2. The number of fused-ring (bicyclic) bond motifs is 1. The first kappa shape index (κ1) is 26.0. The van der Waals surface area contributed by atoms with Crippen LogP contribution in [0.4, 0.5) is 16.2 Å². The number of hydrogen-bond acceptors (Lipinski definition) is 7. The molecule has 2 aliphatic rings. The van der Waals surface area contributed by atoms with E-state index in [2.05, 4.69) is 21.3 Å². The van der Waals surface area contributed by atoms with E-state index in [1.54, 1.807) is 37.4 Å². The number of nitrogens with zero attached hydrogens (tertiary/aromatic N) is 2. The Morgan fingerprint density at radius 1 is 1.00 bits per heavy atom. The number of rotatable bonds is 6. The molecule has 4 atom stereocenters. The Morgan fingerprint density at radius 3 is 2.28 bits per heavy atom. The smallest absolute Gasteiger partial charge is 0.326 e. The number of benzene rings is 2. The molecule has 0 aliphatic carbocycles. The highest BCUT2D eigenvalue weighted by atomic mass is 35.5. The van der Waals surface area contributed by atoms with Crippen LogP contribution in [0, 0.1) is 5.92 Å². The van der Waals surface area contributed by atoms with Gasteiger partial charge < -0.3 is 15.5 Å². The number of nitrogens with one attached hydrogen (secondary N) is 4. The third-order valence-corrected chi connectivity index (χ3v) is 7.62. The Morgan fingerprint density at radius 2 is 1.64 bits per heavy atom. The number of thioether (sulfide) groups is 1. The van der Waals surface area contributed by atoms with Crippen molar-refractivity contribution in [3.63, 3.8) is 0 Å². The zero-order valence-corrected chi connectivity index (χ0v) is 21.5. The summed E-state index contributed by atoms with van der Waals surface area (Å²) in [4.78, 5) is 52.2. The molecular formula is C24H27ClN6O4S. The number of carbonyl (C=O) groups is 4. The largest absolute Gasteiger partial charge is 0.327 e. The maximum absolute atomic E-state index is 13.1. The second-order valence-corrected chi connectivity index (χ2v) is 10.1. The lowest BCUT2D eigenvalue weighted by Gasteiger charge is -2.50. The van der Waals surface area contributed by atoms with Gasteiger partial charge in [-0.15, -0.1) is 11.8 Å². The molecule has 0 saturated carbocycles. The van der Waals surface area contributed by atoms with Crippen molar-refractivity contribution in [2.45, 2.75) is 24.6 Å². The predicted molar refractivity (Wildman–Crippen MR) is 139 cm³/mol. The van der Waals surface area contributed by atoms with Gasteiger partial charge in [-0.3, -0.25) is 29.9 Å². The van der Waals surface area contributed by atoms with Crippen molar-refractivity contribution in [3.05, 3.63) is 59.1 Å². The van der Waals surface area contributed by atoms with E-state index in [1.165, 1.54) is 30.6 Å². The van der Waals surface area contributed by atoms with Crippen LogP contribution in [0.3, 0.4) is 0 Å². The van der Waals surface area contributed by atoms with Gasteiger partial charge in [-0.2, -0.15) is 0 Å². The molecule has 2 aromatic rings. The zero-order chi connectivity index (χ0) is 26.0. The molecule has 0 spiro atoms. The lowest BCUT2D eigenvalue weighted by molar-refractivity contribution is -0.140. The molecule has 2 heterocycles. The average Bonchev–Trinajstić information content (AvgIpc) is 2.85. The van der Waals surface area contributed by atoms with Gasteiger partial charge in [-0.25, -0.2) is 4.79 Å². The molecule has 2 fully saturated rings. The van der Waals surface area contributed by atoms with Crippen LogP contribution < -0.4 is 21.3 Å². The van der Waals surface area contributed by atoms with Gasteiger partial charge in [-0.05, 0) is 30.3 Å². The van der Waals surface area contributed by atoms with Crippen LogP contribution in [0.15, 0.2) is 48.5 Å². The van der Waals surface area contributed by atoms with Crippen molar-refractivity contribution in [3.8, 4) is 0 Å². The van der Waals surface area contributed by atoms with E-state index in [9.17, 15) is 19.2 Å². The molecule has 2 saturated heterocycles. The minimum atomic E-state index is -0.619. The first-order valence-electron chi connectivity index (χ1n) is 11.3. The second-order valence-electron chi connectivity index (χ2n) is 8.59. The summed E-state index contributed by atoms with van der Waals surface area (Å²) in [6.07, 6.45) is -1.01. The lowest BCUT2D eigenvalue weighted by atomic mass is 9.96. The van der Waals surface area contributed by atoms with E-state index >= 15 is 0 Å². The average molecular weight is 531 g/mol. The topological polar surface area (TPSA) is 123 Å². The molecule has 0 aromatic heterocycles. The van der Waals surface area contributed by atoms with Gasteiger partial charge in [0.15, 0.2) is 0 Å². The predicted octanol–water partition coefficient (Wildman–Crippen LogP) is 2.65. The number of amides is 5. The van der Waals surface area contributed by atoms with Gasteiger partial charge in [0.25, 0.3) is 0 Å². The number of halogens is 1. The molecule has 10 nitrogen and oxygen atoms in total. The van der Waals surface area contributed by atoms with Crippen molar-refractivity contribution >= 4 is 58.5 Å². The van der Waals surface area contributed by atoms with E-state index in [1.807, 2.05) is 18.2 Å². The van der Waals surface area contributed by atoms with Gasteiger partial charge in [0.2, 0.25) is 17.7 Å². The molecule has 36 heavy (non-hydrogen) atoms. The summed E-state index contributed by atoms with van der Waals surface area (Å²) in [5, 5.41) is 12.3. The van der Waals surface area contributed by atoms with Crippen molar-refractivity contribution in [1.29, 1.82) is 0 Å². The number of carbonyl (C=O) groups excluding carboxylic acids is 4. The molecule has 2 aromatic carbocycles. The van der Waals surface area contributed by atoms with E-state index in [0.29, 0.717) is 16.4 Å². The van der Waals surface area contributed by atoms with Crippen LogP contribution in [-0.4, -0.2) is 64.9 Å². The standard InChI is InChI=1S/C24H27ClN6O4S/c1-13(32)26-14-8-10-15(11-9-14)27-18(33)12-36-22-19-21(30(2)24(35)31(3)23(19)34)28-20(29-22)16-6-4-5-7-17(16)25/h4-11,19-22,28-29H,12H2,1-3H3,(H,26,32)(H,27,33). The lowest BCUT2D eigenvalue weighted by Crippen LogP contribution is -2.72. The van der Waals surface area contributed by atoms with Crippen LogP contribution in [0.2, 0.25) is 5.02 Å². The normalized spacial score (nSPS) is 23.8. The molecule has 2 aliphatic heterocycles. The summed E-state index contributed by atoms with van der Waals surface area (Å²) >= 11 is 7.71. The Hall–Kier alpha value is -3.12. The van der Waals surface area contributed by atoms with Crippen molar-refractivity contribution < 1.29 is 19.2 Å². The molecule has 4 rings (SSSR count). The second kappa shape index (κ2) is 10.9. The Bertz CT molecular complexity index is 1180. The van der Waals surface area contributed by atoms with E-state index in [4.69, 9.17) is 11.6 Å². The Kier molecular flexibility index (Phi) is 7.84. The van der Waals surface area contributed by atoms with Crippen LogP contribution in [0.25, 0.3) is 0 Å². The highest BCUT2D eigenvalue weighted by Crippen LogP contribution is 2.35. The fourth-order valence-corrected chi connectivity index (χ4v) is 5.64. The van der Waals surface area contributed by atoms with Crippen LogP contribution in [0.5, 0.6) is 0 Å². The van der Waals surface area contributed by atoms with E-state index < -0.39 is 29.7 Å². The molecule has 190 valence electrons. The summed E-state index contributed by atoms with van der Waals surface area (Å²) in [5.41, 5.74) is 1.99. The minimum absolute atomic E-state index is 0.0677. The van der Waals surface area contributed by atoms with E-state index in [-0.39, 0.29) is 23.5 Å². The fraction of sp³-hybridized carbons (Fsp3) is 0.333. The van der Waals surface area contributed by atoms with Crippen molar-refractivity contribution in [2.75, 3.05) is 30.5 Å². The third kappa shape index (κ3) is 5.49. The summed E-state index contributed by atoms with van der Waals surface area (Å²) < 4.78 is 0. The summed E-state index contributed by atoms with van der Waals surface area (Å²) in [6.45, 7) is 1.42. The molecule has 5 amide bonds. The van der Waals surface area contributed by atoms with Crippen LogP contribution >= 0.6 is 23.4 Å². The number of hydrogen-bond donors (Lipinski definition) is 4. The van der Waals surface area contributed by atoms with Gasteiger partial charge in [0.05, 0.1) is 29.4 Å². The molecule has 4 N–H and O–H groups in total. The summed E-state index contributed by atoms with van der Waals surface area (Å²) in [6, 6.07) is 13.7. The van der Waals surface area contributed by atoms with Gasteiger partial charge >= 0.3 is 6.03 Å². The molecule has 0 bridgehead atoms. The highest BCUT2D eigenvalue weighted by molar-refractivity contribution is 8.00.